The molecule has 0 saturated carbocycles. The molecule has 1 aromatic carbocycles. The molecule has 116 valence electrons. The number of carboxylic acid groups (broad SMARTS) is 1. The van der Waals surface area contributed by atoms with Crippen LogP contribution in [0.4, 0.5) is 0 Å². The van der Waals surface area contributed by atoms with Gasteiger partial charge in [-0.25, -0.2) is 0 Å². The Kier molecular flexibility index (Phi) is 5.41. The predicted octanol–water partition coefficient (Wildman–Crippen LogP) is 1.03. The van der Waals surface area contributed by atoms with Crippen LogP contribution in [0.5, 0.6) is 11.5 Å². The molecule has 21 heavy (non-hydrogen) atoms. The minimum Gasteiger partial charge on any atom is -0.497 e. The van der Waals surface area contributed by atoms with Gasteiger partial charge in [0.2, 0.25) is 0 Å². The molecule has 6 heteroatoms. The molecule has 0 spiro atoms. The summed E-state index contributed by atoms with van der Waals surface area (Å²) >= 11 is 0. The number of hydrogen-bond acceptors (Lipinski definition) is 5. The van der Waals surface area contributed by atoms with E-state index in [-0.39, 0.29) is 0 Å². The first-order valence-corrected chi connectivity index (χ1v) is 6.91. The van der Waals surface area contributed by atoms with E-state index in [1.54, 1.807) is 20.3 Å². The fraction of sp³-hybridized carbons (Fsp3) is 0.533. The van der Waals surface area contributed by atoms with Crippen molar-refractivity contribution in [1.29, 1.82) is 0 Å². The van der Waals surface area contributed by atoms with Gasteiger partial charge in [0, 0.05) is 25.6 Å². The molecule has 1 aromatic rings. The number of methoxy groups -OCH3 is 2. The van der Waals surface area contributed by atoms with Gasteiger partial charge in [0.15, 0.2) is 0 Å². The third kappa shape index (κ3) is 3.86. The summed E-state index contributed by atoms with van der Waals surface area (Å²) in [5.74, 6) is 0.512. The minimum atomic E-state index is -0.824. The molecule has 1 aliphatic heterocycles. The summed E-state index contributed by atoms with van der Waals surface area (Å²) in [6.45, 7) is 2.41. The molecule has 6 nitrogen and oxygen atoms in total. The summed E-state index contributed by atoms with van der Waals surface area (Å²) in [7, 11) is 3.16. The van der Waals surface area contributed by atoms with Gasteiger partial charge >= 0.3 is 5.97 Å². The van der Waals surface area contributed by atoms with E-state index < -0.39 is 12.0 Å². The van der Waals surface area contributed by atoms with Crippen LogP contribution >= 0.6 is 0 Å². The highest BCUT2D eigenvalue weighted by molar-refractivity contribution is 5.74. The smallest absolute Gasteiger partial charge is 0.321 e. The van der Waals surface area contributed by atoms with E-state index in [1.165, 1.54) is 0 Å². The highest BCUT2D eigenvalue weighted by Crippen LogP contribution is 2.26. The Bertz CT molecular complexity index is 485. The molecule has 0 bridgehead atoms. The Morgan fingerprint density at radius 2 is 2.05 bits per heavy atom. The number of carbonyl (C=O) groups is 1. The van der Waals surface area contributed by atoms with Crippen LogP contribution in [0.2, 0.25) is 0 Å². The van der Waals surface area contributed by atoms with Gasteiger partial charge in [-0.1, -0.05) is 6.07 Å². The van der Waals surface area contributed by atoms with Crippen LogP contribution in [-0.4, -0.2) is 62.5 Å². The maximum atomic E-state index is 11.6. The first-order valence-electron chi connectivity index (χ1n) is 6.91. The van der Waals surface area contributed by atoms with E-state index in [0.29, 0.717) is 44.2 Å². The molecule has 1 unspecified atom stereocenters. The van der Waals surface area contributed by atoms with Gasteiger partial charge in [0.05, 0.1) is 27.4 Å². The number of aliphatic carboxylic acids is 1. The van der Waals surface area contributed by atoms with Crippen molar-refractivity contribution in [1.82, 2.24) is 4.90 Å². The normalized spacial score (nSPS) is 17.2. The molecule has 1 N–H and O–H groups in total. The highest BCUT2D eigenvalue weighted by Gasteiger charge is 2.28. The van der Waals surface area contributed by atoms with Gasteiger partial charge in [-0.3, -0.25) is 9.69 Å². The second-order valence-electron chi connectivity index (χ2n) is 4.88. The molecule has 1 saturated heterocycles. The Hall–Kier alpha value is -1.79. The average molecular weight is 295 g/mol. The zero-order valence-electron chi connectivity index (χ0n) is 12.4. The number of rotatable bonds is 6. The zero-order valence-corrected chi connectivity index (χ0v) is 12.4. The summed E-state index contributed by atoms with van der Waals surface area (Å²) < 4.78 is 15.8. The van der Waals surface area contributed by atoms with Crippen LogP contribution in [0.25, 0.3) is 0 Å². The molecule has 1 aliphatic rings. The zero-order chi connectivity index (χ0) is 15.2. The maximum Gasteiger partial charge on any atom is 0.321 e. The van der Waals surface area contributed by atoms with Crippen molar-refractivity contribution >= 4 is 5.97 Å². The van der Waals surface area contributed by atoms with E-state index in [4.69, 9.17) is 14.2 Å². The number of hydrogen-bond donors (Lipinski definition) is 1. The Morgan fingerprint density at radius 1 is 1.33 bits per heavy atom. The summed E-state index contributed by atoms with van der Waals surface area (Å²) in [6.07, 6.45) is 0.391. The van der Waals surface area contributed by atoms with Crippen molar-refractivity contribution in [2.75, 3.05) is 40.5 Å². The average Bonchev–Trinajstić information content (AvgIpc) is 2.53. The van der Waals surface area contributed by atoms with Gasteiger partial charge < -0.3 is 19.3 Å². The largest absolute Gasteiger partial charge is 0.497 e. The van der Waals surface area contributed by atoms with Gasteiger partial charge in [0.1, 0.15) is 17.5 Å². The summed E-state index contributed by atoms with van der Waals surface area (Å²) in [5.41, 5.74) is 0.859. The highest BCUT2D eigenvalue weighted by atomic mass is 16.5. The quantitative estimate of drug-likeness (QED) is 0.845. The predicted molar refractivity (Wildman–Crippen MR) is 77.1 cm³/mol. The first-order chi connectivity index (χ1) is 10.2. The topological polar surface area (TPSA) is 68.2 Å². The van der Waals surface area contributed by atoms with E-state index in [9.17, 15) is 9.90 Å². The number of ether oxygens (including phenoxy) is 3. The molecule has 0 radical (unpaired) electrons. The second-order valence-corrected chi connectivity index (χ2v) is 4.88. The molecule has 0 aromatic heterocycles. The minimum absolute atomic E-state index is 0.391. The van der Waals surface area contributed by atoms with Crippen LogP contribution in [0, 0.1) is 0 Å². The van der Waals surface area contributed by atoms with Gasteiger partial charge in [-0.2, -0.15) is 0 Å². The van der Waals surface area contributed by atoms with Crippen molar-refractivity contribution < 1.29 is 24.1 Å². The lowest BCUT2D eigenvalue weighted by atomic mass is 10.0. The SMILES string of the molecule is COc1ccc(CC(C(=O)O)N2CCOCC2)c(OC)c1. The summed E-state index contributed by atoms with van der Waals surface area (Å²) in [4.78, 5) is 13.5. The molecular formula is C15H21NO5. The Morgan fingerprint density at radius 3 is 2.62 bits per heavy atom. The monoisotopic (exact) mass is 295 g/mol. The van der Waals surface area contributed by atoms with Crippen molar-refractivity contribution in [2.24, 2.45) is 0 Å². The summed E-state index contributed by atoms with van der Waals surface area (Å²) in [6, 6.07) is 4.87. The van der Waals surface area contributed by atoms with Crippen molar-refractivity contribution in [2.45, 2.75) is 12.5 Å². The van der Waals surface area contributed by atoms with E-state index in [2.05, 4.69) is 0 Å². The van der Waals surface area contributed by atoms with Crippen molar-refractivity contribution in [3.8, 4) is 11.5 Å². The van der Waals surface area contributed by atoms with Gasteiger partial charge in [-0.05, 0) is 11.6 Å². The van der Waals surface area contributed by atoms with Crippen molar-refractivity contribution in [3.63, 3.8) is 0 Å². The lowest BCUT2D eigenvalue weighted by Crippen LogP contribution is -2.48. The molecule has 0 amide bonds. The molecular weight excluding hydrogens is 274 g/mol. The second kappa shape index (κ2) is 7.28. The standard InChI is InChI=1S/C15H21NO5/c1-19-12-4-3-11(14(10-12)20-2)9-13(15(17)18)16-5-7-21-8-6-16/h3-4,10,13H,5-9H2,1-2H3,(H,17,18). The number of carboxylic acids is 1. The number of nitrogens with zero attached hydrogens (tertiary/aromatic N) is 1. The first kappa shape index (κ1) is 15.6. The third-order valence-electron chi connectivity index (χ3n) is 3.68. The number of benzene rings is 1. The lowest BCUT2D eigenvalue weighted by molar-refractivity contribution is -0.145. The fourth-order valence-corrected chi connectivity index (χ4v) is 2.49. The van der Waals surface area contributed by atoms with Gasteiger partial charge in [0.25, 0.3) is 0 Å². The Labute approximate surface area is 124 Å². The molecule has 2 rings (SSSR count). The van der Waals surface area contributed by atoms with E-state index in [0.717, 1.165) is 5.56 Å². The van der Waals surface area contributed by atoms with Crippen LogP contribution in [0.15, 0.2) is 18.2 Å². The Balaban J connectivity index is 2.18. The lowest BCUT2D eigenvalue weighted by Gasteiger charge is -2.32. The van der Waals surface area contributed by atoms with Crippen LogP contribution in [-0.2, 0) is 16.0 Å². The van der Waals surface area contributed by atoms with Crippen LogP contribution < -0.4 is 9.47 Å². The van der Waals surface area contributed by atoms with Gasteiger partial charge in [-0.15, -0.1) is 0 Å². The molecule has 1 heterocycles. The van der Waals surface area contributed by atoms with Crippen molar-refractivity contribution in [3.05, 3.63) is 23.8 Å². The molecule has 1 atom stereocenters. The van der Waals surface area contributed by atoms with Crippen LogP contribution in [0.1, 0.15) is 5.56 Å². The number of morpholine rings is 1. The fourth-order valence-electron chi connectivity index (χ4n) is 2.49. The van der Waals surface area contributed by atoms with E-state index >= 15 is 0 Å². The summed E-state index contributed by atoms with van der Waals surface area (Å²) in [5, 5.41) is 9.50. The third-order valence-corrected chi connectivity index (χ3v) is 3.68. The molecule has 0 aliphatic carbocycles. The molecule has 1 fully saturated rings. The van der Waals surface area contributed by atoms with E-state index in [1.807, 2.05) is 17.0 Å². The maximum absolute atomic E-state index is 11.6. The van der Waals surface area contributed by atoms with Crippen LogP contribution in [0.3, 0.4) is 0 Å².